The van der Waals surface area contributed by atoms with Crippen molar-refractivity contribution in [3.63, 3.8) is 0 Å². The second kappa shape index (κ2) is 8.77. The van der Waals surface area contributed by atoms with E-state index in [1.807, 2.05) is 17.5 Å². The molecule has 1 aromatic carbocycles. The number of thiophene rings is 1. The number of nitrogens with zero attached hydrogens (tertiary/aromatic N) is 1. The van der Waals surface area contributed by atoms with Crippen molar-refractivity contribution in [1.82, 2.24) is 4.90 Å². The minimum atomic E-state index is -0.449. The molecule has 1 aromatic heterocycles. The normalized spacial score (nSPS) is 17.1. The number of ether oxygens (including phenoxy) is 1. The molecule has 0 amide bonds. The molecule has 4 heteroatoms. The van der Waals surface area contributed by atoms with Gasteiger partial charge in [0.05, 0.1) is 19.3 Å². The number of aliphatic hydroxyl groups excluding tert-OH is 1. The summed E-state index contributed by atoms with van der Waals surface area (Å²) in [5.41, 5.74) is 1.30. The molecule has 0 radical (unpaired) electrons. The van der Waals surface area contributed by atoms with E-state index in [1.54, 1.807) is 11.3 Å². The fourth-order valence-electron chi connectivity index (χ4n) is 3.08. The lowest BCUT2D eigenvalue weighted by atomic mass is 10.1. The van der Waals surface area contributed by atoms with Gasteiger partial charge in [0.1, 0.15) is 0 Å². The zero-order valence-corrected chi connectivity index (χ0v) is 15.1. The summed E-state index contributed by atoms with van der Waals surface area (Å²) in [4.78, 5) is 3.61. The molecule has 0 bridgehead atoms. The van der Waals surface area contributed by atoms with Crippen LogP contribution < -0.4 is 0 Å². The first-order valence-electron chi connectivity index (χ1n) is 8.78. The number of aliphatic hydroxyl groups is 1. The third-order valence-electron chi connectivity index (χ3n) is 4.69. The number of rotatable bonds is 10. The van der Waals surface area contributed by atoms with E-state index in [9.17, 15) is 5.11 Å². The summed E-state index contributed by atoms with van der Waals surface area (Å²) >= 11 is 1.69. The topological polar surface area (TPSA) is 32.7 Å². The van der Waals surface area contributed by atoms with Crippen LogP contribution in [0, 0.1) is 5.92 Å². The van der Waals surface area contributed by atoms with Crippen LogP contribution >= 0.6 is 11.3 Å². The molecule has 1 N–H and O–H groups in total. The Morgan fingerprint density at radius 3 is 2.67 bits per heavy atom. The third kappa shape index (κ3) is 5.42. The minimum absolute atomic E-state index is 0.389. The van der Waals surface area contributed by atoms with Gasteiger partial charge in [-0.15, -0.1) is 11.3 Å². The second-order valence-electron chi connectivity index (χ2n) is 6.74. The van der Waals surface area contributed by atoms with Gasteiger partial charge in [-0.2, -0.15) is 0 Å². The van der Waals surface area contributed by atoms with Gasteiger partial charge in [0.2, 0.25) is 0 Å². The van der Waals surface area contributed by atoms with Crippen molar-refractivity contribution in [3.8, 4) is 0 Å². The Morgan fingerprint density at radius 1 is 1.21 bits per heavy atom. The second-order valence-corrected chi connectivity index (χ2v) is 7.77. The van der Waals surface area contributed by atoms with Crippen LogP contribution in [0.25, 0.3) is 0 Å². The maximum atomic E-state index is 10.4. The molecule has 1 aliphatic carbocycles. The van der Waals surface area contributed by atoms with Gasteiger partial charge in [-0.05, 0) is 42.7 Å². The van der Waals surface area contributed by atoms with Gasteiger partial charge < -0.3 is 9.84 Å². The summed E-state index contributed by atoms with van der Waals surface area (Å²) in [6.07, 6.45) is 2.18. The van der Waals surface area contributed by atoms with E-state index in [0.29, 0.717) is 25.8 Å². The zero-order valence-electron chi connectivity index (χ0n) is 14.3. The predicted octanol–water partition coefficient (Wildman–Crippen LogP) is 3.93. The van der Waals surface area contributed by atoms with Gasteiger partial charge in [0, 0.05) is 24.0 Å². The maximum absolute atomic E-state index is 10.4. The van der Waals surface area contributed by atoms with Crippen molar-refractivity contribution in [2.75, 3.05) is 13.2 Å². The highest BCUT2D eigenvalue weighted by Gasteiger charge is 2.32. The largest absolute Gasteiger partial charge is 0.389 e. The average molecular weight is 346 g/mol. The predicted molar refractivity (Wildman–Crippen MR) is 99.0 cm³/mol. The summed E-state index contributed by atoms with van der Waals surface area (Å²) in [5, 5.41) is 12.5. The van der Waals surface area contributed by atoms with Gasteiger partial charge in [0.25, 0.3) is 0 Å². The monoisotopic (exact) mass is 345 g/mol. The van der Waals surface area contributed by atoms with Crippen molar-refractivity contribution >= 4 is 11.3 Å². The van der Waals surface area contributed by atoms with Gasteiger partial charge in [-0.1, -0.05) is 36.4 Å². The van der Waals surface area contributed by atoms with E-state index in [4.69, 9.17) is 4.74 Å². The summed E-state index contributed by atoms with van der Waals surface area (Å²) < 4.78 is 5.68. The van der Waals surface area contributed by atoms with E-state index < -0.39 is 6.10 Å². The molecule has 3 rings (SSSR count). The molecule has 130 valence electrons. The average Bonchev–Trinajstić information content (AvgIpc) is 3.31. The fraction of sp³-hybridized carbons (Fsp3) is 0.500. The van der Waals surface area contributed by atoms with E-state index in [1.165, 1.54) is 23.3 Å². The van der Waals surface area contributed by atoms with Gasteiger partial charge in [0.15, 0.2) is 0 Å². The summed E-state index contributed by atoms with van der Waals surface area (Å²) in [6, 6.07) is 15.1. The molecule has 3 nitrogen and oxygen atoms in total. The molecule has 2 aromatic rings. The van der Waals surface area contributed by atoms with Gasteiger partial charge >= 0.3 is 0 Å². The molecule has 0 spiro atoms. The van der Waals surface area contributed by atoms with Gasteiger partial charge in [-0.3, -0.25) is 4.90 Å². The molecular weight excluding hydrogens is 318 g/mol. The summed E-state index contributed by atoms with van der Waals surface area (Å²) in [6.45, 7) is 4.82. The Hall–Kier alpha value is -1.20. The third-order valence-corrected chi connectivity index (χ3v) is 5.54. The van der Waals surface area contributed by atoms with Crippen molar-refractivity contribution in [1.29, 1.82) is 0 Å². The van der Waals surface area contributed by atoms with E-state index >= 15 is 0 Å². The molecule has 2 atom stereocenters. The molecule has 1 aliphatic rings. The van der Waals surface area contributed by atoms with E-state index in [-0.39, 0.29) is 0 Å². The highest BCUT2D eigenvalue weighted by molar-refractivity contribution is 7.09. The first kappa shape index (κ1) is 17.6. The highest BCUT2D eigenvalue weighted by Crippen LogP contribution is 2.35. The van der Waals surface area contributed by atoms with Crippen LogP contribution in [0.3, 0.4) is 0 Å². The smallest absolute Gasteiger partial charge is 0.0900 e. The number of hydrogen-bond acceptors (Lipinski definition) is 4. The standard InChI is InChI=1S/C20H27NO2S/c1-16(18-9-10-18)21(12-17-6-3-2-4-7-17)13-19(22)14-23-15-20-8-5-11-24-20/h2-8,11,16,18-19,22H,9-10,12-15H2,1H3/t16-,19+/m1/s1. The highest BCUT2D eigenvalue weighted by atomic mass is 32.1. The Balaban J connectivity index is 1.50. The summed E-state index contributed by atoms with van der Waals surface area (Å²) in [5.74, 6) is 0.785. The molecule has 1 saturated carbocycles. The Morgan fingerprint density at radius 2 is 2.00 bits per heavy atom. The SMILES string of the molecule is C[C@H](C1CC1)N(Cc1ccccc1)C[C@H](O)COCc1cccs1. The first-order valence-corrected chi connectivity index (χ1v) is 9.66. The lowest BCUT2D eigenvalue weighted by Gasteiger charge is -2.31. The molecule has 1 fully saturated rings. The quantitative estimate of drug-likeness (QED) is 0.708. The van der Waals surface area contributed by atoms with Gasteiger partial charge in [-0.25, -0.2) is 0 Å². The zero-order chi connectivity index (χ0) is 16.8. The number of hydrogen-bond donors (Lipinski definition) is 1. The lowest BCUT2D eigenvalue weighted by Crippen LogP contribution is -2.41. The Bertz CT molecular complexity index is 583. The maximum Gasteiger partial charge on any atom is 0.0900 e. The molecule has 24 heavy (non-hydrogen) atoms. The lowest BCUT2D eigenvalue weighted by molar-refractivity contribution is 0.000544. The van der Waals surface area contributed by atoms with Crippen LogP contribution in [0.5, 0.6) is 0 Å². The molecule has 0 saturated heterocycles. The fourth-order valence-corrected chi connectivity index (χ4v) is 3.72. The van der Waals surface area contributed by atoms with Crippen molar-refractivity contribution in [2.45, 2.75) is 45.1 Å². The molecular formula is C20H27NO2S. The van der Waals surface area contributed by atoms with Crippen LogP contribution in [0.4, 0.5) is 0 Å². The van der Waals surface area contributed by atoms with Crippen LogP contribution in [0.1, 0.15) is 30.2 Å². The van der Waals surface area contributed by atoms with Crippen LogP contribution in [0.15, 0.2) is 47.8 Å². The molecule has 0 unspecified atom stereocenters. The number of benzene rings is 1. The Kier molecular flexibility index (Phi) is 6.44. The first-order chi connectivity index (χ1) is 11.7. The Labute approximate surface area is 148 Å². The van der Waals surface area contributed by atoms with Crippen LogP contribution in [0.2, 0.25) is 0 Å². The summed E-state index contributed by atoms with van der Waals surface area (Å²) in [7, 11) is 0. The molecule has 1 heterocycles. The molecule has 0 aliphatic heterocycles. The van der Waals surface area contributed by atoms with E-state index in [2.05, 4.69) is 42.2 Å². The van der Waals surface area contributed by atoms with E-state index in [0.717, 1.165) is 12.5 Å². The van der Waals surface area contributed by atoms with Crippen molar-refractivity contribution < 1.29 is 9.84 Å². The minimum Gasteiger partial charge on any atom is -0.389 e. The van der Waals surface area contributed by atoms with Crippen LogP contribution in [-0.4, -0.2) is 35.3 Å². The van der Waals surface area contributed by atoms with Crippen LogP contribution in [-0.2, 0) is 17.9 Å². The van der Waals surface area contributed by atoms with Crippen molar-refractivity contribution in [2.24, 2.45) is 5.92 Å². The van der Waals surface area contributed by atoms with Crippen molar-refractivity contribution in [3.05, 3.63) is 58.3 Å².